The van der Waals surface area contributed by atoms with Crippen LogP contribution < -0.4 is 5.32 Å². The van der Waals surface area contributed by atoms with Crippen molar-refractivity contribution in [3.63, 3.8) is 0 Å². The maximum atomic E-state index is 12.4. The van der Waals surface area contributed by atoms with E-state index in [1.54, 1.807) is 13.8 Å². The van der Waals surface area contributed by atoms with Gasteiger partial charge in [-0.3, -0.25) is 9.59 Å². The molecule has 4 heteroatoms. The summed E-state index contributed by atoms with van der Waals surface area (Å²) in [6, 6.07) is 0. The molecular weight excluding hydrogens is 228 g/mol. The van der Waals surface area contributed by atoms with Gasteiger partial charge in [0.05, 0.1) is 0 Å². The predicted octanol–water partition coefficient (Wildman–Crippen LogP) is 1.80. The molecule has 1 atom stereocenters. The van der Waals surface area contributed by atoms with E-state index in [4.69, 9.17) is 0 Å². The second-order valence-corrected chi connectivity index (χ2v) is 5.88. The predicted molar refractivity (Wildman–Crippen MR) is 72.1 cm³/mol. The zero-order valence-corrected chi connectivity index (χ0v) is 12.1. The second-order valence-electron chi connectivity index (χ2n) is 5.88. The zero-order valence-electron chi connectivity index (χ0n) is 12.1. The Morgan fingerprint density at radius 2 is 2.06 bits per heavy atom. The molecule has 18 heavy (non-hydrogen) atoms. The van der Waals surface area contributed by atoms with E-state index in [0.717, 1.165) is 25.9 Å². The Kier molecular flexibility index (Phi) is 5.17. The molecule has 0 aromatic rings. The molecule has 0 spiro atoms. The fourth-order valence-electron chi connectivity index (χ4n) is 2.33. The minimum absolute atomic E-state index is 0.0392. The van der Waals surface area contributed by atoms with E-state index in [2.05, 4.69) is 12.2 Å². The summed E-state index contributed by atoms with van der Waals surface area (Å²) < 4.78 is 0. The van der Waals surface area contributed by atoms with E-state index < -0.39 is 5.41 Å². The Morgan fingerprint density at radius 3 is 2.61 bits per heavy atom. The smallest absolute Gasteiger partial charge is 0.237 e. The fraction of sp³-hybridized carbons (Fsp3) is 0.857. The average Bonchev–Trinajstić information content (AvgIpc) is 2.34. The Bertz CT molecular complexity index is 313. The average molecular weight is 254 g/mol. The molecule has 0 aliphatic carbocycles. The Morgan fingerprint density at radius 1 is 1.39 bits per heavy atom. The Labute approximate surface area is 110 Å². The van der Waals surface area contributed by atoms with Crippen LogP contribution in [0.1, 0.15) is 47.0 Å². The van der Waals surface area contributed by atoms with Crippen LogP contribution in [0.15, 0.2) is 0 Å². The minimum Gasteiger partial charge on any atom is -0.355 e. The molecule has 1 heterocycles. The highest BCUT2D eigenvalue weighted by Gasteiger charge is 2.39. The molecule has 0 radical (unpaired) electrons. The van der Waals surface area contributed by atoms with Crippen LogP contribution in [0.25, 0.3) is 0 Å². The minimum atomic E-state index is -0.952. The molecule has 1 saturated heterocycles. The van der Waals surface area contributed by atoms with Gasteiger partial charge in [-0.2, -0.15) is 0 Å². The summed E-state index contributed by atoms with van der Waals surface area (Å²) >= 11 is 0. The third-order valence-electron chi connectivity index (χ3n) is 3.58. The van der Waals surface area contributed by atoms with Crippen LogP contribution in [0.5, 0.6) is 0 Å². The van der Waals surface area contributed by atoms with Gasteiger partial charge in [-0.15, -0.1) is 0 Å². The maximum Gasteiger partial charge on any atom is 0.237 e. The van der Waals surface area contributed by atoms with Gasteiger partial charge < -0.3 is 10.2 Å². The molecule has 0 bridgehead atoms. The van der Waals surface area contributed by atoms with Crippen LogP contribution in [-0.4, -0.2) is 36.3 Å². The van der Waals surface area contributed by atoms with Crippen molar-refractivity contribution in [1.29, 1.82) is 0 Å². The van der Waals surface area contributed by atoms with Crippen molar-refractivity contribution >= 4 is 11.8 Å². The number of carbonyl (C=O) groups is 2. The van der Waals surface area contributed by atoms with E-state index >= 15 is 0 Å². The standard InChI is InChI=1S/C14H26N2O2/c1-5-8-15-12(17)14(3,4)13(18)16-9-6-7-11(2)10-16/h11H,5-10H2,1-4H3,(H,15,17). The normalized spacial score (nSPS) is 20.7. The summed E-state index contributed by atoms with van der Waals surface area (Å²) in [6.07, 6.45) is 3.10. The zero-order chi connectivity index (χ0) is 13.8. The number of carbonyl (C=O) groups excluding carboxylic acids is 2. The molecule has 104 valence electrons. The van der Waals surface area contributed by atoms with Gasteiger partial charge in [0, 0.05) is 19.6 Å². The van der Waals surface area contributed by atoms with Crippen molar-refractivity contribution in [3.05, 3.63) is 0 Å². The molecule has 0 saturated carbocycles. The van der Waals surface area contributed by atoms with Crippen molar-refractivity contribution in [2.45, 2.75) is 47.0 Å². The number of nitrogens with zero attached hydrogens (tertiary/aromatic N) is 1. The van der Waals surface area contributed by atoms with E-state index in [-0.39, 0.29) is 11.8 Å². The molecule has 0 aromatic heterocycles. The number of hydrogen-bond donors (Lipinski definition) is 1. The third kappa shape index (κ3) is 3.47. The van der Waals surface area contributed by atoms with Gasteiger partial charge in [-0.25, -0.2) is 0 Å². The second kappa shape index (κ2) is 6.21. The fourth-order valence-corrected chi connectivity index (χ4v) is 2.33. The number of hydrogen-bond acceptors (Lipinski definition) is 2. The van der Waals surface area contributed by atoms with Gasteiger partial charge in [-0.05, 0) is 39.0 Å². The Hall–Kier alpha value is -1.06. The van der Waals surface area contributed by atoms with Crippen LogP contribution in [0.4, 0.5) is 0 Å². The van der Waals surface area contributed by atoms with Gasteiger partial charge in [0.25, 0.3) is 0 Å². The van der Waals surface area contributed by atoms with Crippen molar-refractivity contribution in [2.75, 3.05) is 19.6 Å². The van der Waals surface area contributed by atoms with Crippen molar-refractivity contribution < 1.29 is 9.59 Å². The molecule has 1 N–H and O–H groups in total. The van der Waals surface area contributed by atoms with Crippen LogP contribution >= 0.6 is 0 Å². The van der Waals surface area contributed by atoms with Crippen LogP contribution in [-0.2, 0) is 9.59 Å². The quantitative estimate of drug-likeness (QED) is 0.778. The number of piperidine rings is 1. The lowest BCUT2D eigenvalue weighted by Crippen LogP contribution is -2.51. The monoisotopic (exact) mass is 254 g/mol. The molecule has 1 rings (SSSR count). The molecule has 1 aliphatic heterocycles. The van der Waals surface area contributed by atoms with E-state index in [9.17, 15) is 9.59 Å². The van der Waals surface area contributed by atoms with Crippen molar-refractivity contribution in [2.24, 2.45) is 11.3 Å². The summed E-state index contributed by atoms with van der Waals surface area (Å²) in [5, 5.41) is 2.82. The topological polar surface area (TPSA) is 49.4 Å². The van der Waals surface area contributed by atoms with Crippen molar-refractivity contribution in [1.82, 2.24) is 10.2 Å². The van der Waals surface area contributed by atoms with Crippen molar-refractivity contribution in [3.8, 4) is 0 Å². The first-order valence-corrected chi connectivity index (χ1v) is 6.97. The van der Waals surface area contributed by atoms with Crippen LogP contribution in [0.3, 0.4) is 0 Å². The summed E-state index contributed by atoms with van der Waals surface area (Å²) in [4.78, 5) is 26.3. The first-order chi connectivity index (χ1) is 8.39. The SMILES string of the molecule is CCCNC(=O)C(C)(C)C(=O)N1CCCC(C)C1. The Balaban J connectivity index is 2.65. The molecule has 2 amide bonds. The number of amides is 2. The highest BCUT2D eigenvalue weighted by molar-refractivity contribution is 6.04. The van der Waals surface area contributed by atoms with Gasteiger partial charge in [0.2, 0.25) is 11.8 Å². The van der Waals surface area contributed by atoms with E-state index in [1.165, 1.54) is 6.42 Å². The van der Waals surface area contributed by atoms with Crippen LogP contribution in [0, 0.1) is 11.3 Å². The summed E-state index contributed by atoms with van der Waals surface area (Å²) in [7, 11) is 0. The molecule has 1 fully saturated rings. The summed E-state index contributed by atoms with van der Waals surface area (Å²) in [5.41, 5.74) is -0.952. The molecule has 1 aliphatic rings. The summed E-state index contributed by atoms with van der Waals surface area (Å²) in [6.45, 7) is 9.80. The number of likely N-dealkylation sites (tertiary alicyclic amines) is 1. The first-order valence-electron chi connectivity index (χ1n) is 6.97. The highest BCUT2D eigenvalue weighted by atomic mass is 16.2. The molecule has 1 unspecified atom stereocenters. The maximum absolute atomic E-state index is 12.4. The summed E-state index contributed by atoms with van der Waals surface area (Å²) in [5.74, 6) is 0.340. The van der Waals surface area contributed by atoms with Crippen LogP contribution in [0.2, 0.25) is 0 Å². The lowest BCUT2D eigenvalue weighted by atomic mass is 9.88. The van der Waals surface area contributed by atoms with E-state index in [0.29, 0.717) is 12.5 Å². The largest absolute Gasteiger partial charge is 0.355 e. The molecule has 4 nitrogen and oxygen atoms in total. The first kappa shape index (κ1) is 15.0. The molecular formula is C14H26N2O2. The highest BCUT2D eigenvalue weighted by Crippen LogP contribution is 2.24. The van der Waals surface area contributed by atoms with Gasteiger partial charge in [0.1, 0.15) is 5.41 Å². The van der Waals surface area contributed by atoms with Gasteiger partial charge in [-0.1, -0.05) is 13.8 Å². The van der Waals surface area contributed by atoms with E-state index in [1.807, 2.05) is 11.8 Å². The number of nitrogens with one attached hydrogen (secondary N) is 1. The number of rotatable bonds is 4. The third-order valence-corrected chi connectivity index (χ3v) is 3.58. The van der Waals surface area contributed by atoms with Gasteiger partial charge >= 0.3 is 0 Å². The molecule has 0 aromatic carbocycles. The van der Waals surface area contributed by atoms with Gasteiger partial charge in [0.15, 0.2) is 0 Å². The lowest BCUT2D eigenvalue weighted by Gasteiger charge is -2.36. The lowest BCUT2D eigenvalue weighted by molar-refractivity contribution is -0.149.